The third-order valence-corrected chi connectivity index (χ3v) is 7.47. The van der Waals surface area contributed by atoms with E-state index in [0.29, 0.717) is 27.6 Å². The first-order chi connectivity index (χ1) is 17.9. The minimum atomic E-state index is -0.924. The van der Waals surface area contributed by atoms with Crippen LogP contribution >= 0.6 is 23.2 Å². The zero-order chi connectivity index (χ0) is 27.9. The van der Waals surface area contributed by atoms with Crippen LogP contribution < -0.4 is 14.4 Å². The van der Waals surface area contributed by atoms with Gasteiger partial charge in [0.05, 0.1) is 36.4 Å². The van der Waals surface area contributed by atoms with E-state index in [4.69, 9.17) is 32.7 Å². The lowest BCUT2D eigenvalue weighted by Gasteiger charge is -2.28. The molecule has 0 bridgehead atoms. The Morgan fingerprint density at radius 3 is 2.13 bits per heavy atom. The molecule has 0 spiro atoms. The van der Waals surface area contributed by atoms with Crippen molar-refractivity contribution in [2.45, 2.75) is 39.2 Å². The average Bonchev–Trinajstić information content (AvgIpc) is 3.14. The molecule has 1 N–H and O–H groups in total. The summed E-state index contributed by atoms with van der Waals surface area (Å²) in [6, 6.07) is 14.9. The molecule has 1 fully saturated rings. The summed E-state index contributed by atoms with van der Waals surface area (Å²) in [6.07, 6.45) is 0. The molecule has 4 rings (SSSR count). The highest BCUT2D eigenvalue weighted by molar-refractivity contribution is 6.52. The molecule has 1 aliphatic heterocycles. The van der Waals surface area contributed by atoms with Crippen LogP contribution in [0.25, 0.3) is 5.76 Å². The van der Waals surface area contributed by atoms with Gasteiger partial charge in [-0.1, -0.05) is 74.3 Å². The number of hydrogen-bond acceptors (Lipinski definition) is 5. The smallest absolute Gasteiger partial charge is 0.300 e. The van der Waals surface area contributed by atoms with Gasteiger partial charge in [-0.2, -0.15) is 0 Å². The van der Waals surface area contributed by atoms with Gasteiger partial charge in [-0.15, -0.1) is 0 Å². The van der Waals surface area contributed by atoms with Crippen LogP contribution in [0.15, 0.2) is 60.2 Å². The summed E-state index contributed by atoms with van der Waals surface area (Å²) in [5.74, 6) is -1.45. The number of halogens is 2. The Morgan fingerprint density at radius 1 is 0.921 bits per heavy atom. The molecule has 0 radical (unpaired) electrons. The molecule has 1 amide bonds. The van der Waals surface area contributed by atoms with E-state index < -0.39 is 23.5 Å². The number of methoxy groups -OCH3 is 2. The highest BCUT2D eigenvalue weighted by atomic mass is 35.5. The summed E-state index contributed by atoms with van der Waals surface area (Å²) >= 11 is 12.8. The summed E-state index contributed by atoms with van der Waals surface area (Å²) in [4.78, 5) is 28.5. The third-order valence-electron chi connectivity index (χ3n) is 6.76. The molecule has 8 heteroatoms. The molecular formula is C30H29Cl2NO5. The largest absolute Gasteiger partial charge is 0.507 e. The van der Waals surface area contributed by atoms with Crippen molar-refractivity contribution in [3.8, 4) is 11.5 Å². The maximum Gasteiger partial charge on any atom is 0.300 e. The monoisotopic (exact) mass is 553 g/mol. The van der Waals surface area contributed by atoms with E-state index in [1.165, 1.54) is 31.3 Å². The fourth-order valence-electron chi connectivity index (χ4n) is 4.61. The number of aliphatic hydroxyl groups is 1. The number of hydrogen-bond donors (Lipinski definition) is 1. The second kappa shape index (κ2) is 10.4. The predicted octanol–water partition coefficient (Wildman–Crippen LogP) is 7.24. The number of benzene rings is 3. The van der Waals surface area contributed by atoms with E-state index in [0.717, 1.165) is 5.56 Å². The molecular weight excluding hydrogens is 525 g/mol. The second-order valence-corrected chi connectivity index (χ2v) is 10.9. The Labute approximate surface area is 232 Å². The molecule has 0 aliphatic carbocycles. The number of anilines is 1. The molecule has 3 aromatic carbocycles. The number of ketones is 1. The van der Waals surface area contributed by atoms with E-state index in [1.807, 2.05) is 24.3 Å². The van der Waals surface area contributed by atoms with Crippen molar-refractivity contribution in [1.82, 2.24) is 0 Å². The van der Waals surface area contributed by atoms with Crippen LogP contribution in [0.5, 0.6) is 11.5 Å². The summed E-state index contributed by atoms with van der Waals surface area (Å²) in [6.45, 7) is 8.08. The van der Waals surface area contributed by atoms with Crippen LogP contribution in [0.4, 0.5) is 5.69 Å². The predicted molar refractivity (Wildman–Crippen MR) is 151 cm³/mol. The van der Waals surface area contributed by atoms with Gasteiger partial charge in [-0.25, -0.2) is 0 Å². The van der Waals surface area contributed by atoms with Crippen molar-refractivity contribution in [3.63, 3.8) is 0 Å². The normalized spacial score (nSPS) is 17.2. The molecule has 0 aromatic heterocycles. The van der Waals surface area contributed by atoms with Crippen LogP contribution in [-0.2, 0) is 15.0 Å². The minimum Gasteiger partial charge on any atom is -0.507 e. The molecule has 198 valence electrons. The van der Waals surface area contributed by atoms with Crippen LogP contribution in [0.2, 0.25) is 10.0 Å². The zero-order valence-corrected chi connectivity index (χ0v) is 23.6. The topological polar surface area (TPSA) is 76.1 Å². The second-order valence-electron chi connectivity index (χ2n) is 10.1. The first kappa shape index (κ1) is 27.6. The third kappa shape index (κ3) is 4.74. The van der Waals surface area contributed by atoms with Gasteiger partial charge in [0.2, 0.25) is 0 Å². The van der Waals surface area contributed by atoms with Gasteiger partial charge in [-0.05, 0) is 47.2 Å². The number of rotatable bonds is 5. The van der Waals surface area contributed by atoms with Gasteiger partial charge in [0.25, 0.3) is 11.7 Å². The van der Waals surface area contributed by atoms with Gasteiger partial charge < -0.3 is 14.6 Å². The molecule has 1 aliphatic rings. The SMILES string of the molecule is COc1cc(OC)c(/C(O)=C2\C(=O)C(=O)N(c3cccc(Cl)c3C)C2c2ccc(C(C)(C)C)cc2)cc1Cl. The Bertz CT molecular complexity index is 1450. The number of carbonyl (C=O) groups is 2. The van der Waals surface area contributed by atoms with Crippen LogP contribution in [0.3, 0.4) is 0 Å². The zero-order valence-electron chi connectivity index (χ0n) is 22.1. The standard InChI is InChI=1S/C30H29Cl2NO5/c1-16-20(31)8-7-9-22(16)33-26(17-10-12-18(13-11-17)30(2,3)4)25(28(35)29(33)36)27(34)19-14-21(32)24(38-6)15-23(19)37-5/h7-15,26,34H,1-6H3/b27-25+. The van der Waals surface area contributed by atoms with E-state index in [1.54, 1.807) is 25.1 Å². The molecule has 1 saturated heterocycles. The van der Waals surface area contributed by atoms with Gasteiger partial charge >= 0.3 is 0 Å². The van der Waals surface area contributed by atoms with Crippen molar-refractivity contribution in [1.29, 1.82) is 0 Å². The summed E-state index contributed by atoms with van der Waals surface area (Å²) in [5.41, 5.74) is 2.82. The quantitative estimate of drug-likeness (QED) is 0.204. The summed E-state index contributed by atoms with van der Waals surface area (Å²) in [7, 11) is 2.89. The molecule has 1 heterocycles. The average molecular weight is 554 g/mol. The van der Waals surface area contributed by atoms with Crippen molar-refractivity contribution in [2.24, 2.45) is 0 Å². The Balaban J connectivity index is 2.01. The van der Waals surface area contributed by atoms with E-state index in [-0.39, 0.29) is 27.3 Å². The Morgan fingerprint density at radius 2 is 1.55 bits per heavy atom. The van der Waals surface area contributed by atoms with Crippen molar-refractivity contribution >= 4 is 46.3 Å². The van der Waals surface area contributed by atoms with Crippen LogP contribution in [0.1, 0.15) is 49.1 Å². The fourth-order valence-corrected chi connectivity index (χ4v) is 5.02. The van der Waals surface area contributed by atoms with Crippen molar-refractivity contribution < 1.29 is 24.2 Å². The molecule has 38 heavy (non-hydrogen) atoms. The number of ether oxygens (including phenoxy) is 2. The highest BCUT2D eigenvalue weighted by Crippen LogP contribution is 2.46. The number of amides is 1. The van der Waals surface area contributed by atoms with Gasteiger partial charge in [0.1, 0.15) is 17.3 Å². The first-order valence-corrected chi connectivity index (χ1v) is 12.7. The number of nitrogens with zero attached hydrogens (tertiary/aromatic N) is 1. The maximum atomic E-state index is 13.6. The van der Waals surface area contributed by atoms with Crippen LogP contribution in [-0.4, -0.2) is 31.0 Å². The number of Topliss-reactive ketones (excluding diaryl/α,β-unsaturated/α-hetero) is 1. The Kier molecular flexibility index (Phi) is 7.51. The van der Waals surface area contributed by atoms with E-state index in [2.05, 4.69) is 20.8 Å². The van der Waals surface area contributed by atoms with Crippen molar-refractivity contribution in [2.75, 3.05) is 19.1 Å². The maximum absolute atomic E-state index is 13.6. The first-order valence-electron chi connectivity index (χ1n) is 12.0. The van der Waals surface area contributed by atoms with Gasteiger partial charge in [0, 0.05) is 16.8 Å². The summed E-state index contributed by atoms with van der Waals surface area (Å²) in [5, 5.41) is 12.2. The lowest BCUT2D eigenvalue weighted by Crippen LogP contribution is -2.30. The minimum absolute atomic E-state index is 0.0857. The number of carbonyl (C=O) groups excluding carboxylic acids is 2. The van der Waals surface area contributed by atoms with E-state index >= 15 is 0 Å². The summed E-state index contributed by atoms with van der Waals surface area (Å²) < 4.78 is 10.7. The molecule has 1 atom stereocenters. The van der Waals surface area contributed by atoms with Gasteiger partial charge in [-0.3, -0.25) is 14.5 Å². The van der Waals surface area contributed by atoms with Crippen LogP contribution in [0, 0.1) is 6.92 Å². The Hall–Kier alpha value is -3.48. The highest BCUT2D eigenvalue weighted by Gasteiger charge is 2.47. The van der Waals surface area contributed by atoms with E-state index in [9.17, 15) is 14.7 Å². The molecule has 6 nitrogen and oxygen atoms in total. The fraction of sp³-hybridized carbons (Fsp3) is 0.267. The lowest BCUT2D eigenvalue weighted by atomic mass is 9.85. The van der Waals surface area contributed by atoms with Crippen molar-refractivity contribution in [3.05, 3.63) is 92.5 Å². The molecule has 1 unspecified atom stereocenters. The molecule has 3 aromatic rings. The number of aliphatic hydroxyl groups excluding tert-OH is 1. The molecule has 0 saturated carbocycles. The lowest BCUT2D eigenvalue weighted by molar-refractivity contribution is -0.132. The van der Waals surface area contributed by atoms with Gasteiger partial charge in [0.15, 0.2) is 0 Å².